The Bertz CT molecular complexity index is 710. The predicted molar refractivity (Wildman–Crippen MR) is 84.1 cm³/mol. The van der Waals surface area contributed by atoms with E-state index in [2.05, 4.69) is 23.9 Å². The number of thiazole rings is 1. The summed E-state index contributed by atoms with van der Waals surface area (Å²) in [4.78, 5) is 15.8. The van der Waals surface area contributed by atoms with Crippen molar-refractivity contribution in [1.82, 2.24) is 4.98 Å². The van der Waals surface area contributed by atoms with Gasteiger partial charge >= 0.3 is 6.09 Å². The van der Waals surface area contributed by atoms with Crippen LogP contribution in [0.2, 0.25) is 0 Å². The Morgan fingerprint density at radius 1 is 1.36 bits per heavy atom. The van der Waals surface area contributed by atoms with Crippen LogP contribution in [0.3, 0.4) is 0 Å². The first kappa shape index (κ1) is 16.1. The number of ether oxygens (including phenoxy) is 2. The summed E-state index contributed by atoms with van der Waals surface area (Å²) in [7, 11) is 1.50. The number of aromatic nitrogens is 1. The summed E-state index contributed by atoms with van der Waals surface area (Å²) in [6, 6.07) is 3.55. The highest BCUT2D eigenvalue weighted by Gasteiger charge is 2.18. The van der Waals surface area contributed by atoms with E-state index in [-0.39, 0.29) is 11.7 Å². The molecular weight excluding hydrogens is 302 g/mol. The van der Waals surface area contributed by atoms with Crippen LogP contribution in [0.4, 0.5) is 4.79 Å². The lowest BCUT2D eigenvalue weighted by molar-refractivity contribution is 0.206. The number of hydrogen-bond donors (Lipinski definition) is 1. The van der Waals surface area contributed by atoms with Gasteiger partial charge in [0.25, 0.3) is 0 Å². The minimum atomic E-state index is -0.990. The quantitative estimate of drug-likeness (QED) is 0.822. The number of carbonyl (C=O) groups excluding carboxylic acids is 1. The molecule has 0 saturated heterocycles. The van der Waals surface area contributed by atoms with Crippen LogP contribution >= 0.6 is 11.3 Å². The molecule has 7 heteroatoms. The predicted octanol–water partition coefficient (Wildman–Crippen LogP) is 4.78. The molecule has 0 aliphatic rings. The Morgan fingerprint density at radius 3 is 2.59 bits per heavy atom. The van der Waals surface area contributed by atoms with E-state index in [4.69, 9.17) is 15.0 Å². The van der Waals surface area contributed by atoms with Crippen LogP contribution in [0.15, 0.2) is 22.6 Å². The van der Waals surface area contributed by atoms with E-state index in [0.29, 0.717) is 5.75 Å². The minimum Gasteiger partial charge on any atom is -0.493 e. The first-order valence-corrected chi connectivity index (χ1v) is 7.58. The highest BCUT2D eigenvalue weighted by molar-refractivity contribution is 7.09. The summed E-state index contributed by atoms with van der Waals surface area (Å²) in [5.41, 5.74) is 9.47. The second-order valence-electron chi connectivity index (χ2n) is 4.98. The van der Waals surface area contributed by atoms with Gasteiger partial charge in [-0.2, -0.15) is 5.53 Å². The molecule has 0 atom stereocenters. The number of amides is 1. The third kappa shape index (κ3) is 3.30. The molecule has 0 unspecified atom stereocenters. The zero-order chi connectivity index (χ0) is 16.3. The molecule has 0 spiro atoms. The summed E-state index contributed by atoms with van der Waals surface area (Å²) < 4.78 is 10.3. The van der Waals surface area contributed by atoms with E-state index in [1.54, 1.807) is 17.4 Å². The first-order chi connectivity index (χ1) is 10.5. The lowest BCUT2D eigenvalue weighted by atomic mass is 9.95. The maximum Gasteiger partial charge on any atom is 0.457 e. The van der Waals surface area contributed by atoms with Gasteiger partial charge in [0.15, 0.2) is 11.5 Å². The molecule has 2 rings (SSSR count). The van der Waals surface area contributed by atoms with Crippen molar-refractivity contribution in [2.24, 2.45) is 5.11 Å². The van der Waals surface area contributed by atoms with Crippen molar-refractivity contribution in [3.8, 4) is 22.8 Å². The average Bonchev–Trinajstić information content (AvgIpc) is 2.92. The van der Waals surface area contributed by atoms with Crippen molar-refractivity contribution < 1.29 is 14.3 Å². The van der Waals surface area contributed by atoms with Crippen LogP contribution in [0, 0.1) is 12.5 Å². The molecular formula is C15H17N3O3S. The lowest BCUT2D eigenvalue weighted by Crippen LogP contribution is -2.04. The Kier molecular flexibility index (Phi) is 4.87. The number of rotatable bonds is 4. The summed E-state index contributed by atoms with van der Waals surface area (Å²) in [6.45, 7) is 6.08. The van der Waals surface area contributed by atoms with E-state index in [1.165, 1.54) is 7.11 Å². The van der Waals surface area contributed by atoms with Crippen LogP contribution in [0.1, 0.15) is 30.3 Å². The Hall–Kier alpha value is -2.28. The molecule has 0 radical (unpaired) electrons. The number of aryl methyl sites for hydroxylation is 1. The topological polar surface area (TPSA) is 84.6 Å². The zero-order valence-electron chi connectivity index (χ0n) is 12.8. The number of nitrogens with one attached hydrogen (secondary N) is 1. The van der Waals surface area contributed by atoms with Crippen molar-refractivity contribution in [1.29, 1.82) is 5.53 Å². The highest BCUT2D eigenvalue weighted by atomic mass is 32.1. The summed E-state index contributed by atoms with van der Waals surface area (Å²) in [6.07, 6.45) is -0.990. The zero-order valence-corrected chi connectivity index (χ0v) is 13.7. The normalized spacial score (nSPS) is 10.6. The molecule has 116 valence electrons. The van der Waals surface area contributed by atoms with Crippen molar-refractivity contribution >= 4 is 17.4 Å². The fraction of sp³-hybridized carbons (Fsp3) is 0.333. The van der Waals surface area contributed by atoms with Crippen LogP contribution in [0.5, 0.6) is 11.5 Å². The molecule has 1 aromatic heterocycles. The fourth-order valence-corrected chi connectivity index (χ4v) is 2.73. The van der Waals surface area contributed by atoms with E-state index < -0.39 is 6.09 Å². The second kappa shape index (κ2) is 6.65. The minimum absolute atomic E-state index is 0.230. The van der Waals surface area contributed by atoms with Gasteiger partial charge in [0.1, 0.15) is 0 Å². The first-order valence-electron chi connectivity index (χ1n) is 6.70. The third-order valence-corrected chi connectivity index (χ3v) is 3.91. The SMILES string of the molecule is COc1cc(C(C)C)c(-c2csc(C)n2)cc1OC(=O)N=N. The van der Waals surface area contributed by atoms with Crippen LogP contribution in [0.25, 0.3) is 11.3 Å². The smallest absolute Gasteiger partial charge is 0.457 e. The molecule has 1 aromatic carbocycles. The lowest BCUT2D eigenvalue weighted by Gasteiger charge is -2.16. The molecule has 0 fully saturated rings. The second-order valence-corrected chi connectivity index (χ2v) is 6.04. The molecule has 0 aliphatic carbocycles. The van der Waals surface area contributed by atoms with Gasteiger partial charge in [-0.15, -0.1) is 11.3 Å². The number of nitrogens with zero attached hydrogens (tertiary/aromatic N) is 2. The van der Waals surface area contributed by atoms with Gasteiger partial charge < -0.3 is 9.47 Å². The van der Waals surface area contributed by atoms with Gasteiger partial charge in [-0.05, 0) is 30.5 Å². The van der Waals surface area contributed by atoms with E-state index in [0.717, 1.165) is 21.8 Å². The Labute approximate surface area is 132 Å². The molecule has 1 heterocycles. The molecule has 0 saturated carbocycles. The van der Waals surface area contributed by atoms with Crippen LogP contribution < -0.4 is 9.47 Å². The van der Waals surface area contributed by atoms with E-state index in [9.17, 15) is 4.79 Å². The maximum absolute atomic E-state index is 11.3. The standard InChI is InChI=1S/C15H17N3O3S/c1-8(2)10-5-13(20-4)14(21-15(19)18-16)6-11(10)12-7-22-9(3)17-12/h5-8,16H,1-4H3. The highest BCUT2D eigenvalue weighted by Crippen LogP contribution is 2.39. The number of methoxy groups -OCH3 is 1. The maximum atomic E-state index is 11.3. The largest absolute Gasteiger partial charge is 0.493 e. The molecule has 22 heavy (non-hydrogen) atoms. The summed E-state index contributed by atoms with van der Waals surface area (Å²) in [5.74, 6) is 0.904. The third-order valence-electron chi connectivity index (χ3n) is 3.14. The van der Waals surface area contributed by atoms with Crippen molar-refractivity contribution in [2.75, 3.05) is 7.11 Å². The molecule has 1 N–H and O–H groups in total. The van der Waals surface area contributed by atoms with E-state index >= 15 is 0 Å². The average molecular weight is 319 g/mol. The Morgan fingerprint density at radius 2 is 2.09 bits per heavy atom. The van der Waals surface area contributed by atoms with E-state index in [1.807, 2.05) is 18.4 Å². The van der Waals surface area contributed by atoms with Gasteiger partial charge in [-0.1, -0.05) is 19.0 Å². The van der Waals surface area contributed by atoms with Gasteiger partial charge in [0.2, 0.25) is 0 Å². The summed E-state index contributed by atoms with van der Waals surface area (Å²) in [5, 5.41) is 5.66. The molecule has 1 amide bonds. The fourth-order valence-electron chi connectivity index (χ4n) is 2.12. The number of benzene rings is 1. The van der Waals surface area contributed by atoms with Gasteiger partial charge in [-0.25, -0.2) is 9.78 Å². The van der Waals surface area contributed by atoms with Crippen LogP contribution in [-0.2, 0) is 0 Å². The Balaban J connectivity index is 2.61. The molecule has 6 nitrogen and oxygen atoms in total. The van der Waals surface area contributed by atoms with Crippen LogP contribution in [-0.4, -0.2) is 18.2 Å². The monoisotopic (exact) mass is 319 g/mol. The van der Waals surface area contributed by atoms with Crippen molar-refractivity contribution in [3.63, 3.8) is 0 Å². The molecule has 0 bridgehead atoms. The van der Waals surface area contributed by atoms with Gasteiger partial charge in [-0.3, -0.25) is 0 Å². The van der Waals surface area contributed by atoms with Gasteiger partial charge in [0, 0.05) is 10.9 Å². The van der Waals surface area contributed by atoms with Crippen molar-refractivity contribution in [2.45, 2.75) is 26.7 Å². The van der Waals surface area contributed by atoms with Crippen molar-refractivity contribution in [3.05, 3.63) is 28.1 Å². The number of hydrogen-bond acceptors (Lipinski definition) is 6. The molecule has 0 aliphatic heterocycles. The molecule has 2 aromatic rings. The summed E-state index contributed by atoms with van der Waals surface area (Å²) >= 11 is 1.56. The number of carbonyl (C=O) groups is 1. The van der Waals surface area contributed by atoms with Gasteiger partial charge in [0.05, 0.1) is 17.8 Å².